The maximum Gasteiger partial charge on any atom is 0.276 e. The lowest BCUT2D eigenvalue weighted by Crippen LogP contribution is -2.32. The van der Waals surface area contributed by atoms with E-state index in [1.165, 1.54) is 11.3 Å². The van der Waals surface area contributed by atoms with Crippen LogP contribution in [-0.4, -0.2) is 27.5 Å². The third-order valence-corrected chi connectivity index (χ3v) is 4.24. The van der Waals surface area contributed by atoms with Crippen molar-refractivity contribution in [2.24, 2.45) is 0 Å². The summed E-state index contributed by atoms with van der Waals surface area (Å²) in [6.07, 6.45) is 1.92. The molecule has 3 aromatic heterocycles. The Morgan fingerprint density at radius 3 is 2.96 bits per heavy atom. The maximum absolute atomic E-state index is 12.7. The number of pyridine rings is 1. The van der Waals surface area contributed by atoms with Gasteiger partial charge in [0.15, 0.2) is 11.5 Å². The van der Waals surface area contributed by atoms with E-state index < -0.39 is 0 Å². The number of carbonyl (C=O) groups is 1. The van der Waals surface area contributed by atoms with Crippen LogP contribution < -0.4 is 0 Å². The highest BCUT2D eigenvalue weighted by molar-refractivity contribution is 7.13. The normalized spacial score (nSPS) is 10.3. The van der Waals surface area contributed by atoms with Crippen molar-refractivity contribution in [2.45, 2.75) is 13.0 Å². The largest absolute Gasteiger partial charge is 0.355 e. The molecule has 7 heteroatoms. The highest BCUT2D eigenvalue weighted by atomic mass is 32.1. The van der Waals surface area contributed by atoms with Crippen LogP contribution in [0.5, 0.6) is 0 Å². The van der Waals surface area contributed by atoms with Crippen LogP contribution in [-0.2, 0) is 6.54 Å². The topological polar surface area (TPSA) is 83.0 Å². The summed E-state index contributed by atoms with van der Waals surface area (Å²) in [5, 5.41) is 14.6. The van der Waals surface area contributed by atoms with Gasteiger partial charge >= 0.3 is 0 Å². The first kappa shape index (κ1) is 15.9. The molecule has 0 unspecified atom stereocenters. The number of hydrogen-bond acceptors (Lipinski definition) is 6. The Bertz CT molecular complexity index is 837. The molecule has 1 amide bonds. The molecule has 0 saturated heterocycles. The van der Waals surface area contributed by atoms with Gasteiger partial charge < -0.3 is 9.42 Å². The summed E-state index contributed by atoms with van der Waals surface area (Å²) in [5.41, 5.74) is 0.984. The molecule has 0 fully saturated rings. The third kappa shape index (κ3) is 3.67. The zero-order valence-electron chi connectivity index (χ0n) is 12.8. The first-order valence-electron chi connectivity index (χ1n) is 7.34. The Balaban J connectivity index is 1.79. The summed E-state index contributed by atoms with van der Waals surface area (Å²) >= 11 is 1.51. The quantitative estimate of drug-likeness (QED) is 0.688. The van der Waals surface area contributed by atoms with Crippen molar-refractivity contribution in [1.29, 1.82) is 5.26 Å². The molecule has 0 atom stereocenters. The van der Waals surface area contributed by atoms with E-state index >= 15 is 0 Å². The van der Waals surface area contributed by atoms with Crippen molar-refractivity contribution < 1.29 is 9.32 Å². The van der Waals surface area contributed by atoms with Crippen LogP contribution in [0.4, 0.5) is 0 Å². The lowest BCUT2D eigenvalue weighted by atomic mass is 10.2. The van der Waals surface area contributed by atoms with Crippen LogP contribution in [0.2, 0.25) is 0 Å². The van der Waals surface area contributed by atoms with Crippen LogP contribution in [0, 0.1) is 11.3 Å². The number of nitriles is 1. The number of carbonyl (C=O) groups excluding carboxylic acids is 1. The zero-order chi connectivity index (χ0) is 16.8. The summed E-state index contributed by atoms with van der Waals surface area (Å²) < 4.78 is 5.27. The van der Waals surface area contributed by atoms with E-state index in [0.29, 0.717) is 18.8 Å². The molecule has 120 valence electrons. The van der Waals surface area contributed by atoms with Gasteiger partial charge in [-0.2, -0.15) is 5.26 Å². The molecular formula is C17H14N4O2S. The van der Waals surface area contributed by atoms with E-state index in [1.54, 1.807) is 17.2 Å². The predicted octanol–water partition coefficient (Wildman–Crippen LogP) is 3.35. The average molecular weight is 338 g/mol. The zero-order valence-corrected chi connectivity index (χ0v) is 13.6. The molecule has 3 rings (SSSR count). The Labute approximate surface area is 143 Å². The SMILES string of the molecule is N#CCCN(Cc1ccccn1)C(=O)c1cc(-c2cccs2)on1. The molecule has 0 N–H and O–H groups in total. The molecule has 0 aromatic carbocycles. The summed E-state index contributed by atoms with van der Waals surface area (Å²) in [5.74, 6) is 0.286. The Kier molecular flexibility index (Phi) is 4.99. The fraction of sp³-hybridized carbons (Fsp3) is 0.176. The van der Waals surface area contributed by atoms with Gasteiger partial charge in [-0.1, -0.05) is 17.3 Å². The molecule has 24 heavy (non-hydrogen) atoms. The number of thiophene rings is 1. The first-order chi connectivity index (χ1) is 11.8. The van der Waals surface area contributed by atoms with E-state index in [9.17, 15) is 4.79 Å². The highest BCUT2D eigenvalue weighted by Crippen LogP contribution is 2.25. The minimum atomic E-state index is -0.276. The number of amides is 1. The van der Waals surface area contributed by atoms with Gasteiger partial charge in [-0.25, -0.2) is 0 Å². The monoisotopic (exact) mass is 338 g/mol. The standard InChI is InChI=1S/C17H14N4O2S/c18-7-4-9-21(12-13-5-1-2-8-19-13)17(22)14-11-15(23-20-14)16-6-3-10-24-16/h1-3,5-6,8,10-11H,4,9,12H2. The molecule has 0 aliphatic heterocycles. The number of hydrogen-bond donors (Lipinski definition) is 0. The van der Waals surface area contributed by atoms with Crippen LogP contribution in [0.25, 0.3) is 10.6 Å². The number of rotatable bonds is 6. The van der Waals surface area contributed by atoms with E-state index in [2.05, 4.69) is 16.2 Å². The smallest absolute Gasteiger partial charge is 0.276 e. The number of nitrogens with zero attached hydrogens (tertiary/aromatic N) is 4. The van der Waals surface area contributed by atoms with Crippen molar-refractivity contribution in [3.8, 4) is 16.7 Å². The van der Waals surface area contributed by atoms with E-state index in [0.717, 1.165) is 10.6 Å². The molecule has 6 nitrogen and oxygen atoms in total. The maximum atomic E-state index is 12.7. The summed E-state index contributed by atoms with van der Waals surface area (Å²) in [6.45, 7) is 0.635. The van der Waals surface area contributed by atoms with E-state index in [4.69, 9.17) is 9.78 Å². The second kappa shape index (κ2) is 7.53. The van der Waals surface area contributed by atoms with Gasteiger partial charge in [-0.05, 0) is 23.6 Å². The van der Waals surface area contributed by atoms with Crippen LogP contribution in [0.1, 0.15) is 22.6 Å². The van der Waals surface area contributed by atoms with Crippen molar-refractivity contribution in [1.82, 2.24) is 15.0 Å². The summed E-state index contributed by atoms with van der Waals surface area (Å²) in [7, 11) is 0. The van der Waals surface area contributed by atoms with Gasteiger partial charge in [0, 0.05) is 18.8 Å². The van der Waals surface area contributed by atoms with Gasteiger partial charge in [0.05, 0.1) is 29.6 Å². The first-order valence-corrected chi connectivity index (χ1v) is 8.22. The highest BCUT2D eigenvalue weighted by Gasteiger charge is 2.21. The van der Waals surface area contributed by atoms with Gasteiger partial charge in [0.2, 0.25) is 0 Å². The predicted molar refractivity (Wildman–Crippen MR) is 89.0 cm³/mol. The molecule has 0 bridgehead atoms. The fourth-order valence-electron chi connectivity index (χ4n) is 2.20. The minimum Gasteiger partial charge on any atom is -0.355 e. The van der Waals surface area contributed by atoms with Gasteiger partial charge in [-0.3, -0.25) is 9.78 Å². The fourth-order valence-corrected chi connectivity index (χ4v) is 2.87. The van der Waals surface area contributed by atoms with E-state index in [-0.39, 0.29) is 18.0 Å². The Hall–Kier alpha value is -2.98. The molecular weight excluding hydrogens is 324 g/mol. The Morgan fingerprint density at radius 1 is 1.33 bits per heavy atom. The van der Waals surface area contributed by atoms with Gasteiger partial charge in [-0.15, -0.1) is 11.3 Å². The Morgan fingerprint density at radius 2 is 2.25 bits per heavy atom. The minimum absolute atomic E-state index is 0.229. The molecule has 0 aliphatic rings. The molecule has 0 spiro atoms. The summed E-state index contributed by atoms with van der Waals surface area (Å²) in [4.78, 5) is 19.4. The van der Waals surface area contributed by atoms with Gasteiger partial charge in [0.1, 0.15) is 0 Å². The lowest BCUT2D eigenvalue weighted by Gasteiger charge is -2.19. The summed E-state index contributed by atoms with van der Waals surface area (Å²) in [6, 6.07) is 13.0. The molecule has 3 aromatic rings. The second-order valence-electron chi connectivity index (χ2n) is 5.01. The van der Waals surface area contributed by atoms with Crippen molar-refractivity contribution >= 4 is 17.2 Å². The van der Waals surface area contributed by atoms with E-state index in [1.807, 2.05) is 35.7 Å². The third-order valence-electron chi connectivity index (χ3n) is 3.35. The molecule has 3 heterocycles. The van der Waals surface area contributed by atoms with Crippen LogP contribution >= 0.6 is 11.3 Å². The number of aromatic nitrogens is 2. The molecule has 0 aliphatic carbocycles. The van der Waals surface area contributed by atoms with Crippen LogP contribution in [0.3, 0.4) is 0 Å². The van der Waals surface area contributed by atoms with Crippen molar-refractivity contribution in [2.75, 3.05) is 6.54 Å². The van der Waals surface area contributed by atoms with Crippen LogP contribution in [0.15, 0.2) is 52.5 Å². The van der Waals surface area contributed by atoms with Gasteiger partial charge in [0.25, 0.3) is 5.91 Å². The van der Waals surface area contributed by atoms with Crippen molar-refractivity contribution in [3.63, 3.8) is 0 Å². The second-order valence-corrected chi connectivity index (χ2v) is 5.96. The lowest BCUT2D eigenvalue weighted by molar-refractivity contribution is 0.0734. The average Bonchev–Trinajstić information content (AvgIpc) is 3.29. The van der Waals surface area contributed by atoms with Crippen molar-refractivity contribution in [3.05, 3.63) is 59.4 Å². The molecule has 0 saturated carbocycles. The molecule has 0 radical (unpaired) electrons.